The molecule has 158 valence electrons. The van der Waals surface area contributed by atoms with E-state index >= 15 is 0 Å². The molecular weight excluding hydrogens is 357 g/mol. The van der Waals surface area contributed by atoms with Gasteiger partial charge < -0.3 is 0 Å². The summed E-state index contributed by atoms with van der Waals surface area (Å²) in [5.74, 6) is 0.428. The molecule has 0 bridgehead atoms. The van der Waals surface area contributed by atoms with Crippen LogP contribution in [0, 0.1) is 0 Å². The van der Waals surface area contributed by atoms with Crippen molar-refractivity contribution in [2.45, 2.75) is 89.9 Å². The molecule has 2 aromatic rings. The van der Waals surface area contributed by atoms with Crippen molar-refractivity contribution >= 4 is 0 Å². The van der Waals surface area contributed by atoms with Gasteiger partial charge in [0.25, 0.3) is 0 Å². The number of hydrogen-bond donors (Lipinski definition) is 0. The summed E-state index contributed by atoms with van der Waals surface area (Å²) >= 11 is 0. The van der Waals surface area contributed by atoms with Crippen molar-refractivity contribution in [2.24, 2.45) is 0 Å². The van der Waals surface area contributed by atoms with Crippen LogP contribution in [0.1, 0.15) is 75.5 Å². The summed E-state index contributed by atoms with van der Waals surface area (Å²) in [5.41, 5.74) is 4.16. The smallest absolute Gasteiger partial charge is 0.101 e. The average Bonchev–Trinajstić information content (AvgIpc) is 3.17. The Kier molecular flexibility index (Phi) is 8.29. The van der Waals surface area contributed by atoms with Gasteiger partial charge in [-0.1, -0.05) is 61.5 Å². The highest BCUT2D eigenvalue weighted by molar-refractivity contribution is 5.26. The quantitative estimate of drug-likeness (QED) is 0.420. The van der Waals surface area contributed by atoms with Crippen molar-refractivity contribution in [3.05, 3.63) is 71.3 Å². The first kappa shape index (κ1) is 22.0. The molecule has 0 amide bonds. The topological polar surface area (TPSA) is 3.24 Å². The molecule has 0 spiro atoms. The predicted molar refractivity (Wildman–Crippen MR) is 122 cm³/mol. The van der Waals surface area contributed by atoms with Crippen LogP contribution in [0.5, 0.6) is 0 Å². The lowest BCUT2D eigenvalue weighted by molar-refractivity contribution is 0.143. The number of nitrogens with zero attached hydrogens (tertiary/aromatic N) is 1. The Morgan fingerprint density at radius 2 is 1.62 bits per heavy atom. The molecule has 3 unspecified atom stereocenters. The van der Waals surface area contributed by atoms with E-state index in [0.717, 1.165) is 32.2 Å². The molecule has 0 saturated heterocycles. The van der Waals surface area contributed by atoms with E-state index < -0.39 is 6.17 Å². The Bertz CT molecular complexity index is 709. The normalized spacial score (nSPS) is 20.5. The SMILES string of the molecule is CCC(CCc1ccc(C2CCC(F)C2)cc1)N(CCc1ccccc1)C(C)C. The largest absolute Gasteiger partial charge is 0.298 e. The van der Waals surface area contributed by atoms with Gasteiger partial charge in [0.2, 0.25) is 0 Å². The van der Waals surface area contributed by atoms with Crippen molar-refractivity contribution in [3.63, 3.8) is 0 Å². The van der Waals surface area contributed by atoms with Crippen LogP contribution in [-0.4, -0.2) is 29.7 Å². The Morgan fingerprint density at radius 3 is 2.21 bits per heavy atom. The summed E-state index contributed by atoms with van der Waals surface area (Å²) in [6.45, 7) is 8.08. The van der Waals surface area contributed by atoms with Gasteiger partial charge in [0.15, 0.2) is 0 Å². The highest BCUT2D eigenvalue weighted by Crippen LogP contribution is 2.36. The van der Waals surface area contributed by atoms with Crippen molar-refractivity contribution in [1.29, 1.82) is 0 Å². The lowest BCUT2D eigenvalue weighted by atomic mass is 9.94. The molecule has 2 heteroatoms. The molecule has 0 N–H and O–H groups in total. The molecule has 1 aliphatic rings. The zero-order chi connectivity index (χ0) is 20.6. The van der Waals surface area contributed by atoms with E-state index in [4.69, 9.17) is 0 Å². The fraction of sp³-hybridized carbons (Fsp3) is 0.556. The Morgan fingerprint density at radius 1 is 0.931 bits per heavy atom. The van der Waals surface area contributed by atoms with Crippen LogP contribution < -0.4 is 0 Å². The van der Waals surface area contributed by atoms with Gasteiger partial charge in [-0.15, -0.1) is 0 Å². The lowest BCUT2D eigenvalue weighted by Crippen LogP contribution is -2.41. The van der Waals surface area contributed by atoms with Gasteiger partial charge >= 0.3 is 0 Å². The molecule has 0 aromatic heterocycles. The summed E-state index contributed by atoms with van der Waals surface area (Å²) in [6, 6.07) is 21.0. The molecule has 0 heterocycles. The van der Waals surface area contributed by atoms with E-state index in [9.17, 15) is 4.39 Å². The number of benzene rings is 2. The van der Waals surface area contributed by atoms with Crippen molar-refractivity contribution < 1.29 is 4.39 Å². The van der Waals surface area contributed by atoms with E-state index in [1.165, 1.54) is 29.5 Å². The van der Waals surface area contributed by atoms with Crippen molar-refractivity contribution in [1.82, 2.24) is 4.90 Å². The Hall–Kier alpha value is -1.67. The minimum Gasteiger partial charge on any atom is -0.298 e. The summed E-state index contributed by atoms with van der Waals surface area (Å²) in [6.07, 6.45) is 6.46. The van der Waals surface area contributed by atoms with Gasteiger partial charge in [-0.25, -0.2) is 4.39 Å². The molecule has 1 fully saturated rings. The van der Waals surface area contributed by atoms with Crippen molar-refractivity contribution in [2.75, 3.05) is 6.54 Å². The van der Waals surface area contributed by atoms with E-state index in [0.29, 0.717) is 24.4 Å². The molecular formula is C27H38FN. The summed E-state index contributed by atoms with van der Waals surface area (Å²) < 4.78 is 13.5. The van der Waals surface area contributed by atoms with Gasteiger partial charge in [-0.2, -0.15) is 0 Å². The number of rotatable bonds is 10. The molecule has 0 aliphatic heterocycles. The standard InChI is InChI=1S/C27H38FN/c1-4-27(29(21(2)3)19-18-22-8-6-5-7-9-22)17-12-23-10-13-24(14-11-23)25-15-16-26(28)20-25/h5-11,13-14,21,25-27H,4,12,15-20H2,1-3H3. The van der Waals surface area contributed by atoms with Crippen LogP contribution in [0.3, 0.4) is 0 Å². The van der Waals surface area contributed by atoms with E-state index in [-0.39, 0.29) is 0 Å². The third-order valence-electron chi connectivity index (χ3n) is 6.69. The van der Waals surface area contributed by atoms with Crippen LogP contribution in [-0.2, 0) is 12.8 Å². The minimum absolute atomic E-state index is 0.428. The van der Waals surface area contributed by atoms with Crippen LogP contribution in [0.2, 0.25) is 0 Å². The van der Waals surface area contributed by atoms with E-state index in [2.05, 4.69) is 80.3 Å². The van der Waals surface area contributed by atoms with Crippen molar-refractivity contribution in [3.8, 4) is 0 Å². The van der Waals surface area contributed by atoms with Gasteiger partial charge in [0.1, 0.15) is 6.17 Å². The summed E-state index contributed by atoms with van der Waals surface area (Å²) in [7, 11) is 0. The minimum atomic E-state index is -0.595. The summed E-state index contributed by atoms with van der Waals surface area (Å²) in [4.78, 5) is 2.68. The zero-order valence-corrected chi connectivity index (χ0v) is 18.5. The first-order valence-corrected chi connectivity index (χ1v) is 11.6. The first-order chi connectivity index (χ1) is 14.1. The Labute approximate surface area is 177 Å². The molecule has 29 heavy (non-hydrogen) atoms. The average molecular weight is 396 g/mol. The third kappa shape index (κ3) is 6.40. The molecule has 3 rings (SSSR count). The molecule has 2 aromatic carbocycles. The number of halogens is 1. The Balaban J connectivity index is 1.54. The predicted octanol–water partition coefficient (Wildman–Crippen LogP) is 6.96. The van der Waals surface area contributed by atoms with Crippen LogP contribution >= 0.6 is 0 Å². The highest BCUT2D eigenvalue weighted by atomic mass is 19.1. The van der Waals surface area contributed by atoms with Crippen LogP contribution in [0.25, 0.3) is 0 Å². The van der Waals surface area contributed by atoms with Gasteiger partial charge in [-0.3, -0.25) is 4.90 Å². The molecule has 1 aliphatic carbocycles. The van der Waals surface area contributed by atoms with Gasteiger partial charge in [-0.05, 0) is 81.4 Å². The monoisotopic (exact) mass is 395 g/mol. The van der Waals surface area contributed by atoms with Crippen LogP contribution in [0.15, 0.2) is 54.6 Å². The van der Waals surface area contributed by atoms with E-state index in [1.54, 1.807) is 0 Å². The maximum atomic E-state index is 13.5. The lowest BCUT2D eigenvalue weighted by Gasteiger charge is -2.35. The second kappa shape index (κ2) is 10.9. The molecule has 3 atom stereocenters. The fourth-order valence-electron chi connectivity index (χ4n) is 4.89. The summed E-state index contributed by atoms with van der Waals surface area (Å²) in [5, 5.41) is 0. The van der Waals surface area contributed by atoms with Gasteiger partial charge in [0, 0.05) is 18.6 Å². The van der Waals surface area contributed by atoms with Gasteiger partial charge in [0.05, 0.1) is 0 Å². The molecule has 1 saturated carbocycles. The van der Waals surface area contributed by atoms with E-state index in [1.807, 2.05) is 0 Å². The first-order valence-electron chi connectivity index (χ1n) is 11.6. The number of hydrogen-bond acceptors (Lipinski definition) is 1. The maximum absolute atomic E-state index is 13.5. The zero-order valence-electron chi connectivity index (χ0n) is 18.5. The fourth-order valence-corrected chi connectivity index (χ4v) is 4.89. The number of aryl methyl sites for hydroxylation is 1. The maximum Gasteiger partial charge on any atom is 0.101 e. The van der Waals surface area contributed by atoms with Crippen LogP contribution in [0.4, 0.5) is 4.39 Å². The third-order valence-corrected chi connectivity index (χ3v) is 6.69. The second-order valence-electron chi connectivity index (χ2n) is 9.02. The number of alkyl halides is 1. The highest BCUT2D eigenvalue weighted by Gasteiger charge is 2.25. The molecule has 1 nitrogen and oxygen atoms in total. The molecule has 0 radical (unpaired) electrons. The second-order valence-corrected chi connectivity index (χ2v) is 9.02.